The zero-order valence-electron chi connectivity index (χ0n) is 18.2. The highest BCUT2D eigenvalue weighted by Crippen LogP contribution is 2.31. The quantitative estimate of drug-likeness (QED) is 0.381. The summed E-state index contributed by atoms with van der Waals surface area (Å²) in [4.78, 5) is 19.7. The molecule has 0 saturated carbocycles. The van der Waals surface area contributed by atoms with Crippen LogP contribution < -0.4 is 4.74 Å². The molecule has 166 valence electrons. The lowest BCUT2D eigenvalue weighted by molar-refractivity contribution is 0.0680. The van der Waals surface area contributed by atoms with E-state index in [1.807, 2.05) is 42.3 Å². The molecule has 4 heterocycles. The SMILES string of the molecule is CCOc1cccc2cc(C(=O)N3CCC(c4nccn4CCc4ccsc4)CC3)oc12. The lowest BCUT2D eigenvalue weighted by Crippen LogP contribution is -2.38. The first kappa shape index (κ1) is 20.8. The van der Waals surface area contributed by atoms with Crippen LogP contribution >= 0.6 is 11.3 Å². The van der Waals surface area contributed by atoms with Crippen molar-refractivity contribution in [2.24, 2.45) is 0 Å². The summed E-state index contributed by atoms with van der Waals surface area (Å²) in [5.74, 6) is 2.51. The number of rotatable bonds is 7. The first-order chi connectivity index (χ1) is 15.7. The van der Waals surface area contributed by atoms with E-state index >= 15 is 0 Å². The zero-order valence-corrected chi connectivity index (χ0v) is 19.0. The van der Waals surface area contributed by atoms with E-state index in [1.165, 1.54) is 5.56 Å². The molecule has 1 aromatic carbocycles. The molecular weight excluding hydrogens is 422 g/mol. The molecule has 0 bridgehead atoms. The van der Waals surface area contributed by atoms with Crippen LogP contribution in [0.3, 0.4) is 0 Å². The first-order valence-electron chi connectivity index (χ1n) is 11.2. The monoisotopic (exact) mass is 449 g/mol. The molecule has 0 radical (unpaired) electrons. The summed E-state index contributed by atoms with van der Waals surface area (Å²) in [7, 11) is 0. The van der Waals surface area contributed by atoms with Gasteiger partial charge in [-0.15, -0.1) is 0 Å². The average molecular weight is 450 g/mol. The molecule has 1 aliphatic rings. The average Bonchev–Trinajstić information content (AvgIpc) is 3.58. The molecule has 0 aliphatic carbocycles. The van der Waals surface area contributed by atoms with Gasteiger partial charge >= 0.3 is 0 Å². The number of carbonyl (C=O) groups is 1. The van der Waals surface area contributed by atoms with E-state index in [1.54, 1.807) is 11.3 Å². The van der Waals surface area contributed by atoms with Gasteiger partial charge in [-0.1, -0.05) is 12.1 Å². The second kappa shape index (κ2) is 9.20. The maximum Gasteiger partial charge on any atom is 0.289 e. The molecular formula is C25H27N3O3S. The van der Waals surface area contributed by atoms with E-state index in [0.717, 1.165) is 37.0 Å². The summed E-state index contributed by atoms with van der Waals surface area (Å²) >= 11 is 1.74. The number of hydrogen-bond donors (Lipinski definition) is 0. The van der Waals surface area contributed by atoms with Crippen molar-refractivity contribution in [3.63, 3.8) is 0 Å². The van der Waals surface area contributed by atoms with Gasteiger partial charge in [-0.2, -0.15) is 11.3 Å². The summed E-state index contributed by atoms with van der Waals surface area (Å²) in [6.07, 6.45) is 6.80. The number of aromatic nitrogens is 2. The third-order valence-corrected chi connectivity index (χ3v) is 6.87. The fourth-order valence-electron chi connectivity index (χ4n) is 4.46. The Morgan fingerprint density at radius 3 is 2.94 bits per heavy atom. The molecule has 7 heteroatoms. The largest absolute Gasteiger partial charge is 0.490 e. The lowest BCUT2D eigenvalue weighted by Gasteiger charge is -2.31. The van der Waals surface area contributed by atoms with E-state index in [9.17, 15) is 4.79 Å². The van der Waals surface area contributed by atoms with Crippen LogP contribution in [0, 0.1) is 0 Å². The molecule has 3 aromatic heterocycles. The molecule has 32 heavy (non-hydrogen) atoms. The number of piperidine rings is 1. The Morgan fingerprint density at radius 1 is 1.28 bits per heavy atom. The van der Waals surface area contributed by atoms with Gasteiger partial charge in [-0.05, 0) is 60.7 Å². The van der Waals surface area contributed by atoms with E-state index < -0.39 is 0 Å². The van der Waals surface area contributed by atoms with E-state index in [-0.39, 0.29) is 5.91 Å². The molecule has 0 N–H and O–H groups in total. The fraction of sp³-hybridized carbons (Fsp3) is 0.360. The number of benzene rings is 1. The Hall–Kier alpha value is -3.06. The van der Waals surface area contributed by atoms with Crippen molar-refractivity contribution in [1.29, 1.82) is 0 Å². The third-order valence-electron chi connectivity index (χ3n) is 6.14. The highest BCUT2D eigenvalue weighted by Gasteiger charge is 2.28. The van der Waals surface area contributed by atoms with E-state index in [4.69, 9.17) is 9.15 Å². The molecule has 1 saturated heterocycles. The van der Waals surface area contributed by atoms with Gasteiger partial charge in [0.05, 0.1) is 6.61 Å². The summed E-state index contributed by atoms with van der Waals surface area (Å²) in [6, 6.07) is 9.74. The molecule has 4 aromatic rings. The lowest BCUT2D eigenvalue weighted by atomic mass is 9.95. The fourth-order valence-corrected chi connectivity index (χ4v) is 5.16. The van der Waals surface area contributed by atoms with Crippen molar-refractivity contribution in [3.8, 4) is 5.75 Å². The first-order valence-corrected chi connectivity index (χ1v) is 12.1. The number of hydrogen-bond acceptors (Lipinski definition) is 5. The smallest absolute Gasteiger partial charge is 0.289 e. The summed E-state index contributed by atoms with van der Waals surface area (Å²) < 4.78 is 13.8. The van der Waals surface area contributed by atoms with Crippen LogP contribution in [0.5, 0.6) is 5.75 Å². The Bertz CT molecular complexity index is 1190. The second-order valence-electron chi connectivity index (χ2n) is 8.15. The second-order valence-corrected chi connectivity index (χ2v) is 8.93. The van der Waals surface area contributed by atoms with Gasteiger partial charge in [-0.3, -0.25) is 4.79 Å². The molecule has 1 fully saturated rings. The number of aryl methyl sites for hydroxylation is 2. The van der Waals surface area contributed by atoms with Crippen molar-refractivity contribution in [2.45, 2.75) is 38.6 Å². The van der Waals surface area contributed by atoms with Crippen molar-refractivity contribution in [3.05, 3.63) is 70.6 Å². The molecule has 0 atom stereocenters. The van der Waals surface area contributed by atoms with Crippen LogP contribution in [0.15, 0.2) is 57.9 Å². The number of furan rings is 1. The Balaban J connectivity index is 1.23. The summed E-state index contributed by atoms with van der Waals surface area (Å²) in [6.45, 7) is 4.84. The van der Waals surface area contributed by atoms with Crippen molar-refractivity contribution in [1.82, 2.24) is 14.5 Å². The Labute approximate surface area is 191 Å². The molecule has 6 nitrogen and oxygen atoms in total. The van der Waals surface area contributed by atoms with Crippen LogP contribution in [0.1, 0.15) is 47.6 Å². The van der Waals surface area contributed by atoms with Crippen molar-refractivity contribution >= 4 is 28.2 Å². The van der Waals surface area contributed by atoms with Gasteiger partial charge in [-0.25, -0.2) is 4.98 Å². The van der Waals surface area contributed by atoms with E-state index in [0.29, 0.717) is 42.7 Å². The summed E-state index contributed by atoms with van der Waals surface area (Å²) in [5, 5.41) is 5.22. The van der Waals surface area contributed by atoms with Gasteiger partial charge in [0.1, 0.15) is 5.82 Å². The number of nitrogens with zero attached hydrogens (tertiary/aromatic N) is 3. The molecule has 0 unspecified atom stereocenters. The Kier molecular flexibility index (Phi) is 5.99. The van der Waals surface area contributed by atoms with Crippen LogP contribution in [0.4, 0.5) is 0 Å². The van der Waals surface area contributed by atoms with Gasteiger partial charge in [0, 0.05) is 43.3 Å². The highest BCUT2D eigenvalue weighted by molar-refractivity contribution is 7.07. The van der Waals surface area contributed by atoms with Gasteiger partial charge < -0.3 is 18.6 Å². The maximum absolute atomic E-state index is 13.1. The molecule has 0 spiro atoms. The van der Waals surface area contributed by atoms with E-state index in [2.05, 4.69) is 32.6 Å². The minimum atomic E-state index is -0.0529. The van der Waals surface area contributed by atoms with Crippen molar-refractivity contribution < 1.29 is 13.9 Å². The Morgan fingerprint density at radius 2 is 2.16 bits per heavy atom. The van der Waals surface area contributed by atoms with Gasteiger partial charge in [0.2, 0.25) is 0 Å². The number of carbonyl (C=O) groups excluding carboxylic acids is 1. The molecule has 5 rings (SSSR count). The number of fused-ring (bicyclic) bond motifs is 1. The van der Waals surface area contributed by atoms with Gasteiger partial charge in [0.15, 0.2) is 17.1 Å². The van der Waals surface area contributed by atoms with Crippen molar-refractivity contribution in [2.75, 3.05) is 19.7 Å². The van der Waals surface area contributed by atoms with Crippen LogP contribution in [-0.2, 0) is 13.0 Å². The number of ether oxygens (including phenoxy) is 1. The predicted molar refractivity (Wildman–Crippen MR) is 126 cm³/mol. The summed E-state index contributed by atoms with van der Waals surface area (Å²) in [5.41, 5.74) is 2.01. The number of para-hydroxylation sites is 1. The molecule has 1 amide bonds. The topological polar surface area (TPSA) is 60.5 Å². The van der Waals surface area contributed by atoms with Crippen LogP contribution in [-0.4, -0.2) is 40.1 Å². The highest BCUT2D eigenvalue weighted by atomic mass is 32.1. The van der Waals surface area contributed by atoms with Crippen LogP contribution in [0.2, 0.25) is 0 Å². The number of likely N-dealkylation sites (tertiary alicyclic amines) is 1. The number of amides is 1. The third kappa shape index (κ3) is 4.17. The van der Waals surface area contributed by atoms with Gasteiger partial charge in [0.25, 0.3) is 5.91 Å². The standard InChI is InChI=1S/C25H27N3O3S/c1-2-30-21-5-3-4-20-16-22(31-23(20)21)25(29)28-12-7-19(8-13-28)24-26-10-14-27(24)11-6-18-9-15-32-17-18/h3-5,9-10,14-17,19H,2,6-8,11-13H2,1H3. The normalized spacial score (nSPS) is 14.8. The number of thiophene rings is 1. The maximum atomic E-state index is 13.1. The minimum Gasteiger partial charge on any atom is -0.490 e. The molecule has 1 aliphatic heterocycles. The minimum absolute atomic E-state index is 0.0529. The number of imidazole rings is 1. The predicted octanol–water partition coefficient (Wildman–Crippen LogP) is 5.35. The van der Waals surface area contributed by atoms with Crippen LogP contribution in [0.25, 0.3) is 11.0 Å². The zero-order chi connectivity index (χ0) is 21.9.